The van der Waals surface area contributed by atoms with E-state index in [-0.39, 0.29) is 5.91 Å². The molecule has 1 aliphatic heterocycles. The number of nitrogens with one attached hydrogen (secondary N) is 1. The SMILES string of the molecule is Cc1cc(C)cc(NC(=O)CC2CCCOC2)c1. The van der Waals surface area contributed by atoms with Crippen molar-refractivity contribution in [1.29, 1.82) is 0 Å². The molecule has 2 rings (SSSR count). The maximum Gasteiger partial charge on any atom is 0.224 e. The molecule has 0 spiro atoms. The summed E-state index contributed by atoms with van der Waals surface area (Å²) in [5.74, 6) is 0.472. The highest BCUT2D eigenvalue weighted by atomic mass is 16.5. The summed E-state index contributed by atoms with van der Waals surface area (Å²) in [6, 6.07) is 6.11. The van der Waals surface area contributed by atoms with Gasteiger partial charge >= 0.3 is 0 Å². The van der Waals surface area contributed by atoms with Crippen LogP contribution >= 0.6 is 0 Å². The Hall–Kier alpha value is -1.35. The third-order valence-corrected chi connectivity index (χ3v) is 3.23. The van der Waals surface area contributed by atoms with E-state index in [1.165, 1.54) is 11.1 Å². The second-order valence-electron chi connectivity index (χ2n) is 5.21. The average molecular weight is 247 g/mol. The van der Waals surface area contributed by atoms with Crippen LogP contribution in [0.2, 0.25) is 0 Å². The van der Waals surface area contributed by atoms with Crippen molar-refractivity contribution in [2.45, 2.75) is 33.1 Å². The maximum absolute atomic E-state index is 11.9. The van der Waals surface area contributed by atoms with Crippen molar-refractivity contribution in [3.63, 3.8) is 0 Å². The Balaban J connectivity index is 1.89. The maximum atomic E-state index is 11.9. The molecule has 0 aromatic heterocycles. The van der Waals surface area contributed by atoms with E-state index >= 15 is 0 Å². The van der Waals surface area contributed by atoms with Crippen LogP contribution in [-0.2, 0) is 9.53 Å². The number of anilines is 1. The van der Waals surface area contributed by atoms with Crippen LogP contribution in [0, 0.1) is 19.8 Å². The fourth-order valence-electron chi connectivity index (χ4n) is 2.49. The summed E-state index contributed by atoms with van der Waals surface area (Å²) >= 11 is 0. The molecule has 1 N–H and O–H groups in total. The zero-order valence-corrected chi connectivity index (χ0v) is 11.2. The largest absolute Gasteiger partial charge is 0.381 e. The molecule has 3 nitrogen and oxygen atoms in total. The van der Waals surface area contributed by atoms with Gasteiger partial charge in [0.2, 0.25) is 5.91 Å². The fraction of sp³-hybridized carbons (Fsp3) is 0.533. The van der Waals surface area contributed by atoms with Gasteiger partial charge in [0.1, 0.15) is 0 Å². The van der Waals surface area contributed by atoms with E-state index in [0.717, 1.165) is 31.7 Å². The highest BCUT2D eigenvalue weighted by Crippen LogP contribution is 2.19. The van der Waals surface area contributed by atoms with Crippen molar-refractivity contribution in [3.05, 3.63) is 29.3 Å². The summed E-state index contributed by atoms with van der Waals surface area (Å²) < 4.78 is 5.39. The van der Waals surface area contributed by atoms with E-state index in [2.05, 4.69) is 11.4 Å². The summed E-state index contributed by atoms with van der Waals surface area (Å²) in [4.78, 5) is 11.9. The van der Waals surface area contributed by atoms with E-state index < -0.39 is 0 Å². The molecule has 0 bridgehead atoms. The molecule has 1 aromatic rings. The van der Waals surface area contributed by atoms with Crippen molar-refractivity contribution in [2.24, 2.45) is 5.92 Å². The van der Waals surface area contributed by atoms with Crippen LogP contribution < -0.4 is 5.32 Å². The summed E-state index contributed by atoms with van der Waals surface area (Å²) in [6.07, 6.45) is 2.73. The lowest BCUT2D eigenvalue weighted by atomic mass is 9.98. The van der Waals surface area contributed by atoms with Crippen LogP contribution in [0.1, 0.15) is 30.4 Å². The lowest BCUT2D eigenvalue weighted by Crippen LogP contribution is -2.23. The standard InChI is InChI=1S/C15H21NO2/c1-11-6-12(2)8-14(7-11)16-15(17)9-13-4-3-5-18-10-13/h6-8,13H,3-5,9-10H2,1-2H3,(H,16,17). The Morgan fingerprint density at radius 2 is 2.06 bits per heavy atom. The molecular weight excluding hydrogens is 226 g/mol. The van der Waals surface area contributed by atoms with E-state index in [0.29, 0.717) is 12.3 Å². The summed E-state index contributed by atoms with van der Waals surface area (Å²) in [6.45, 7) is 5.64. The zero-order chi connectivity index (χ0) is 13.0. The molecule has 1 aliphatic rings. The molecule has 1 heterocycles. The van der Waals surface area contributed by atoms with Gasteiger partial charge in [-0.05, 0) is 55.9 Å². The van der Waals surface area contributed by atoms with Gasteiger partial charge in [0.05, 0.1) is 0 Å². The zero-order valence-electron chi connectivity index (χ0n) is 11.2. The lowest BCUT2D eigenvalue weighted by molar-refractivity contribution is -0.118. The Bertz CT molecular complexity index is 402. The van der Waals surface area contributed by atoms with Gasteiger partial charge in [-0.15, -0.1) is 0 Å². The van der Waals surface area contributed by atoms with E-state index in [1.807, 2.05) is 26.0 Å². The smallest absolute Gasteiger partial charge is 0.224 e. The van der Waals surface area contributed by atoms with Crippen molar-refractivity contribution < 1.29 is 9.53 Å². The topological polar surface area (TPSA) is 38.3 Å². The Labute approximate surface area is 109 Å². The van der Waals surface area contributed by atoms with Crippen LogP contribution in [0.25, 0.3) is 0 Å². The van der Waals surface area contributed by atoms with Gasteiger partial charge in [-0.2, -0.15) is 0 Å². The first-order valence-electron chi connectivity index (χ1n) is 6.59. The van der Waals surface area contributed by atoms with Crippen molar-refractivity contribution >= 4 is 11.6 Å². The van der Waals surface area contributed by atoms with Crippen molar-refractivity contribution in [1.82, 2.24) is 0 Å². The number of carbonyl (C=O) groups excluding carboxylic acids is 1. The molecule has 1 amide bonds. The Morgan fingerprint density at radius 3 is 2.67 bits per heavy atom. The van der Waals surface area contributed by atoms with E-state index in [4.69, 9.17) is 4.74 Å². The van der Waals surface area contributed by atoms with Gasteiger partial charge in [-0.3, -0.25) is 4.79 Å². The second kappa shape index (κ2) is 6.01. The predicted octanol–water partition coefficient (Wildman–Crippen LogP) is 3.06. The number of carbonyl (C=O) groups is 1. The normalized spacial score (nSPS) is 19.6. The molecule has 98 valence electrons. The molecule has 3 heteroatoms. The monoisotopic (exact) mass is 247 g/mol. The highest BCUT2D eigenvalue weighted by molar-refractivity contribution is 5.91. The Kier molecular flexibility index (Phi) is 4.37. The third-order valence-electron chi connectivity index (χ3n) is 3.23. The van der Waals surface area contributed by atoms with Crippen LogP contribution in [0.15, 0.2) is 18.2 Å². The van der Waals surface area contributed by atoms with Crippen molar-refractivity contribution in [2.75, 3.05) is 18.5 Å². The number of amides is 1. The van der Waals surface area contributed by atoms with E-state index in [1.54, 1.807) is 0 Å². The minimum absolute atomic E-state index is 0.0931. The van der Waals surface area contributed by atoms with Crippen LogP contribution in [0.4, 0.5) is 5.69 Å². The molecule has 1 unspecified atom stereocenters. The molecule has 18 heavy (non-hydrogen) atoms. The number of ether oxygens (including phenoxy) is 1. The first kappa shape index (κ1) is 13.1. The van der Waals surface area contributed by atoms with Crippen LogP contribution in [0.3, 0.4) is 0 Å². The first-order chi connectivity index (χ1) is 8.63. The predicted molar refractivity (Wildman–Crippen MR) is 72.7 cm³/mol. The molecule has 0 aliphatic carbocycles. The average Bonchev–Trinajstić information content (AvgIpc) is 2.28. The fourth-order valence-corrected chi connectivity index (χ4v) is 2.49. The molecule has 1 saturated heterocycles. The first-order valence-corrected chi connectivity index (χ1v) is 6.59. The summed E-state index contributed by atoms with van der Waals surface area (Å²) in [5.41, 5.74) is 3.24. The molecule has 1 aromatic carbocycles. The number of aryl methyl sites for hydroxylation is 2. The molecule has 0 saturated carbocycles. The quantitative estimate of drug-likeness (QED) is 0.891. The highest BCUT2D eigenvalue weighted by Gasteiger charge is 2.17. The van der Waals surface area contributed by atoms with Gasteiger partial charge < -0.3 is 10.1 Å². The number of hydrogen-bond donors (Lipinski definition) is 1. The second-order valence-corrected chi connectivity index (χ2v) is 5.21. The lowest BCUT2D eigenvalue weighted by Gasteiger charge is -2.21. The summed E-state index contributed by atoms with van der Waals surface area (Å²) in [5, 5.41) is 2.98. The molecule has 1 atom stereocenters. The third kappa shape index (κ3) is 3.84. The summed E-state index contributed by atoms with van der Waals surface area (Å²) in [7, 11) is 0. The van der Waals surface area contributed by atoms with Gasteiger partial charge in [-0.1, -0.05) is 6.07 Å². The minimum atomic E-state index is 0.0931. The Morgan fingerprint density at radius 1 is 1.33 bits per heavy atom. The number of rotatable bonds is 3. The number of hydrogen-bond acceptors (Lipinski definition) is 2. The van der Waals surface area contributed by atoms with E-state index in [9.17, 15) is 4.79 Å². The van der Waals surface area contributed by atoms with Gasteiger partial charge in [-0.25, -0.2) is 0 Å². The molecule has 1 fully saturated rings. The van der Waals surface area contributed by atoms with Gasteiger partial charge in [0.15, 0.2) is 0 Å². The number of benzene rings is 1. The van der Waals surface area contributed by atoms with Crippen LogP contribution in [-0.4, -0.2) is 19.1 Å². The van der Waals surface area contributed by atoms with Gasteiger partial charge in [0.25, 0.3) is 0 Å². The van der Waals surface area contributed by atoms with Crippen LogP contribution in [0.5, 0.6) is 0 Å². The molecular formula is C15H21NO2. The van der Waals surface area contributed by atoms with Gasteiger partial charge in [0, 0.05) is 25.3 Å². The molecule has 0 radical (unpaired) electrons. The van der Waals surface area contributed by atoms with Crippen molar-refractivity contribution in [3.8, 4) is 0 Å². The minimum Gasteiger partial charge on any atom is -0.381 e.